The monoisotopic (exact) mass is 334 g/mol. The van der Waals surface area contributed by atoms with E-state index in [2.05, 4.69) is 24.5 Å². The molecular formula is C18H26N2O4. The van der Waals surface area contributed by atoms with Crippen LogP contribution in [-0.4, -0.2) is 29.4 Å². The first kappa shape index (κ1) is 18.1. The van der Waals surface area contributed by atoms with E-state index in [9.17, 15) is 9.59 Å². The first-order chi connectivity index (χ1) is 11.2. The Labute approximate surface area is 142 Å². The van der Waals surface area contributed by atoms with Crippen LogP contribution in [-0.2, 0) is 0 Å². The number of carbonyl (C=O) groups is 2. The number of carbonyl (C=O) groups excluding carboxylic acids is 1. The Bertz CT molecular complexity index is 588. The zero-order chi connectivity index (χ0) is 17.8. The Morgan fingerprint density at radius 3 is 2.50 bits per heavy atom. The molecule has 1 aromatic carbocycles. The number of hydrogen-bond donors (Lipinski definition) is 3. The van der Waals surface area contributed by atoms with Gasteiger partial charge in [0.25, 0.3) is 0 Å². The molecule has 0 radical (unpaired) electrons. The highest BCUT2D eigenvalue weighted by molar-refractivity contribution is 5.71. The van der Waals surface area contributed by atoms with Crippen LogP contribution in [0.15, 0.2) is 30.3 Å². The van der Waals surface area contributed by atoms with Gasteiger partial charge in [-0.15, -0.1) is 0 Å². The van der Waals surface area contributed by atoms with Crippen molar-refractivity contribution in [2.24, 2.45) is 11.3 Å². The zero-order valence-electron chi connectivity index (χ0n) is 14.5. The van der Waals surface area contributed by atoms with Gasteiger partial charge in [-0.05, 0) is 49.7 Å². The van der Waals surface area contributed by atoms with Crippen LogP contribution < -0.4 is 15.4 Å². The van der Waals surface area contributed by atoms with Crippen molar-refractivity contribution in [3.63, 3.8) is 0 Å². The third-order valence-electron chi connectivity index (χ3n) is 4.35. The molecule has 0 spiro atoms. The van der Waals surface area contributed by atoms with Crippen molar-refractivity contribution in [1.82, 2.24) is 10.6 Å². The van der Waals surface area contributed by atoms with Crippen molar-refractivity contribution in [2.45, 2.75) is 45.6 Å². The summed E-state index contributed by atoms with van der Waals surface area (Å²) in [5.74, 6) is 0.671. The van der Waals surface area contributed by atoms with E-state index >= 15 is 0 Å². The summed E-state index contributed by atoms with van der Waals surface area (Å²) in [5, 5.41) is 14.3. The number of ether oxygens (including phenoxy) is 1. The van der Waals surface area contributed by atoms with E-state index in [1.807, 2.05) is 25.1 Å². The lowest BCUT2D eigenvalue weighted by atomic mass is 9.64. The predicted molar refractivity (Wildman–Crippen MR) is 91.2 cm³/mol. The Morgan fingerprint density at radius 1 is 1.21 bits per heavy atom. The lowest BCUT2D eigenvalue weighted by Crippen LogP contribution is -2.54. The quantitative estimate of drug-likeness (QED) is 0.784. The first-order valence-corrected chi connectivity index (χ1v) is 8.19. The summed E-state index contributed by atoms with van der Waals surface area (Å²) in [6.45, 7) is 6.67. The Morgan fingerprint density at radius 2 is 1.88 bits per heavy atom. The molecule has 6 nitrogen and oxygen atoms in total. The summed E-state index contributed by atoms with van der Waals surface area (Å²) in [5.41, 5.74) is -0.420. The van der Waals surface area contributed by atoms with Crippen molar-refractivity contribution in [3.05, 3.63) is 30.3 Å². The maximum absolute atomic E-state index is 12.2. The fourth-order valence-electron chi connectivity index (χ4n) is 4.03. The predicted octanol–water partition coefficient (Wildman–Crippen LogP) is 3.63. The highest BCUT2D eigenvalue weighted by Gasteiger charge is 2.42. The maximum atomic E-state index is 12.2. The topological polar surface area (TPSA) is 87.7 Å². The molecule has 132 valence electrons. The minimum absolute atomic E-state index is 0.0118. The third kappa shape index (κ3) is 5.44. The van der Waals surface area contributed by atoms with Gasteiger partial charge in [-0.2, -0.15) is 0 Å². The summed E-state index contributed by atoms with van der Waals surface area (Å²) in [4.78, 5) is 23.0. The molecule has 2 amide bonds. The van der Waals surface area contributed by atoms with Gasteiger partial charge >= 0.3 is 12.2 Å². The van der Waals surface area contributed by atoms with E-state index in [4.69, 9.17) is 9.84 Å². The Balaban J connectivity index is 2.00. The van der Waals surface area contributed by atoms with Crippen LogP contribution in [0.3, 0.4) is 0 Å². The molecule has 1 aromatic rings. The molecule has 1 aliphatic rings. The van der Waals surface area contributed by atoms with Gasteiger partial charge in [0.15, 0.2) is 0 Å². The molecule has 0 saturated heterocycles. The van der Waals surface area contributed by atoms with Crippen LogP contribution in [0.5, 0.6) is 5.75 Å². The molecule has 0 aliphatic heterocycles. The van der Waals surface area contributed by atoms with E-state index in [-0.39, 0.29) is 11.3 Å². The van der Waals surface area contributed by atoms with Crippen molar-refractivity contribution < 1.29 is 19.4 Å². The van der Waals surface area contributed by atoms with Crippen LogP contribution in [0.2, 0.25) is 0 Å². The minimum Gasteiger partial charge on any atom is -0.465 e. The smallest absolute Gasteiger partial charge is 0.413 e. The second-order valence-electron chi connectivity index (χ2n) is 7.69. The Hall–Kier alpha value is -2.24. The van der Waals surface area contributed by atoms with Crippen molar-refractivity contribution in [2.75, 3.05) is 6.54 Å². The average Bonchev–Trinajstić information content (AvgIpc) is 2.43. The summed E-state index contributed by atoms with van der Waals surface area (Å²) in [7, 11) is 0. The molecule has 1 aliphatic carbocycles. The molecule has 0 aromatic heterocycles. The number of nitrogens with one attached hydrogen (secondary N) is 2. The van der Waals surface area contributed by atoms with Crippen LogP contribution in [0.25, 0.3) is 0 Å². The Kier molecular flexibility index (Phi) is 5.36. The normalized spacial score (nSPS) is 25.5. The SMILES string of the molecule is CC1(C)CC(CNC(=O)O)CC(C)(NC(=O)Oc2ccccc2)C1. The van der Waals surface area contributed by atoms with Gasteiger partial charge in [0.1, 0.15) is 5.75 Å². The molecule has 3 N–H and O–H groups in total. The molecule has 2 atom stereocenters. The maximum Gasteiger partial charge on any atom is 0.413 e. The number of carboxylic acid groups (broad SMARTS) is 1. The first-order valence-electron chi connectivity index (χ1n) is 8.19. The number of amides is 2. The van der Waals surface area contributed by atoms with Crippen LogP contribution in [0.4, 0.5) is 9.59 Å². The lowest BCUT2D eigenvalue weighted by Gasteiger charge is -2.46. The standard InChI is InChI=1S/C18H26N2O4/c1-17(2)9-13(11-19-15(21)22)10-18(3,12-17)20-16(23)24-14-7-5-4-6-8-14/h4-8,13,19H,9-12H2,1-3H3,(H,20,23)(H,21,22). The van der Waals surface area contributed by atoms with E-state index in [1.165, 1.54) is 0 Å². The number of hydrogen-bond acceptors (Lipinski definition) is 3. The molecule has 0 bridgehead atoms. The summed E-state index contributed by atoms with van der Waals surface area (Å²) in [6.07, 6.45) is 0.940. The average molecular weight is 334 g/mol. The fourth-order valence-corrected chi connectivity index (χ4v) is 4.03. The van der Waals surface area contributed by atoms with Gasteiger partial charge in [0.05, 0.1) is 0 Å². The zero-order valence-corrected chi connectivity index (χ0v) is 14.5. The molecule has 2 rings (SSSR count). The minimum atomic E-state index is -1.02. The van der Waals surface area contributed by atoms with Gasteiger partial charge in [0, 0.05) is 12.1 Å². The summed E-state index contributed by atoms with van der Waals surface area (Å²) < 4.78 is 5.32. The molecular weight excluding hydrogens is 308 g/mol. The molecule has 6 heteroatoms. The van der Waals surface area contributed by atoms with Gasteiger partial charge in [-0.3, -0.25) is 0 Å². The summed E-state index contributed by atoms with van der Waals surface area (Å²) >= 11 is 0. The van der Waals surface area contributed by atoms with Crippen LogP contribution in [0.1, 0.15) is 40.0 Å². The molecule has 24 heavy (non-hydrogen) atoms. The second-order valence-corrected chi connectivity index (χ2v) is 7.69. The highest BCUT2D eigenvalue weighted by atomic mass is 16.6. The highest BCUT2D eigenvalue weighted by Crippen LogP contribution is 2.43. The van der Waals surface area contributed by atoms with Crippen LogP contribution >= 0.6 is 0 Å². The van der Waals surface area contributed by atoms with E-state index in [1.54, 1.807) is 12.1 Å². The molecule has 0 heterocycles. The van der Waals surface area contributed by atoms with Gasteiger partial charge < -0.3 is 20.5 Å². The number of benzene rings is 1. The lowest BCUT2D eigenvalue weighted by molar-refractivity contribution is 0.0830. The van der Waals surface area contributed by atoms with E-state index < -0.39 is 17.7 Å². The fraction of sp³-hybridized carbons (Fsp3) is 0.556. The van der Waals surface area contributed by atoms with Gasteiger partial charge in [-0.25, -0.2) is 9.59 Å². The van der Waals surface area contributed by atoms with E-state index in [0.29, 0.717) is 18.7 Å². The van der Waals surface area contributed by atoms with Crippen molar-refractivity contribution in [3.8, 4) is 5.75 Å². The van der Waals surface area contributed by atoms with Gasteiger partial charge in [0.2, 0.25) is 0 Å². The van der Waals surface area contributed by atoms with Crippen LogP contribution in [0, 0.1) is 11.3 Å². The largest absolute Gasteiger partial charge is 0.465 e. The molecule has 2 unspecified atom stereocenters. The molecule has 1 saturated carbocycles. The third-order valence-corrected chi connectivity index (χ3v) is 4.35. The van der Waals surface area contributed by atoms with E-state index in [0.717, 1.165) is 12.8 Å². The van der Waals surface area contributed by atoms with Crippen molar-refractivity contribution in [1.29, 1.82) is 0 Å². The van der Waals surface area contributed by atoms with Gasteiger partial charge in [-0.1, -0.05) is 32.0 Å². The van der Waals surface area contributed by atoms with Crippen molar-refractivity contribution >= 4 is 12.2 Å². The summed E-state index contributed by atoms with van der Waals surface area (Å²) in [6, 6.07) is 8.93. The number of rotatable bonds is 4. The molecule has 1 fully saturated rings. The second kappa shape index (κ2) is 7.11. The number of para-hydroxylation sites is 1.